The van der Waals surface area contributed by atoms with Gasteiger partial charge in [0.05, 0.1) is 6.10 Å². The van der Waals surface area contributed by atoms with Crippen LogP contribution in [-0.2, 0) is 9.59 Å². The van der Waals surface area contributed by atoms with Gasteiger partial charge in [-0.15, -0.1) is 0 Å². The number of carbonyl (C=O) groups is 2. The monoisotopic (exact) mass is 302 g/mol. The van der Waals surface area contributed by atoms with Gasteiger partial charge in [0.15, 0.2) is 5.78 Å². The molecule has 0 bridgehead atoms. The van der Waals surface area contributed by atoms with E-state index in [0.29, 0.717) is 36.9 Å². The molecular formula is C19H26O3. The van der Waals surface area contributed by atoms with Crippen LogP contribution in [0.2, 0.25) is 0 Å². The van der Waals surface area contributed by atoms with E-state index >= 15 is 0 Å². The normalized spacial score (nSPS) is 51.0. The average Bonchev–Trinajstić information content (AvgIpc) is 2.75. The van der Waals surface area contributed by atoms with E-state index in [1.165, 1.54) is 5.57 Å². The van der Waals surface area contributed by atoms with E-state index < -0.39 is 6.10 Å². The number of ketones is 2. The third-order valence-electron chi connectivity index (χ3n) is 7.61. The molecular weight excluding hydrogens is 276 g/mol. The Balaban J connectivity index is 1.75. The molecule has 5 unspecified atom stereocenters. The summed E-state index contributed by atoms with van der Waals surface area (Å²) in [6, 6.07) is 0. The fraction of sp³-hybridized carbons (Fsp3) is 0.789. The van der Waals surface area contributed by atoms with Gasteiger partial charge in [-0.2, -0.15) is 0 Å². The van der Waals surface area contributed by atoms with Crippen LogP contribution in [0.1, 0.15) is 58.8 Å². The van der Waals surface area contributed by atoms with Gasteiger partial charge in [0.1, 0.15) is 5.78 Å². The Morgan fingerprint density at radius 2 is 1.86 bits per heavy atom. The molecule has 4 rings (SSSR count). The number of allylic oxidation sites excluding steroid dienone is 1. The number of fused-ring (bicyclic) bond motifs is 5. The summed E-state index contributed by atoms with van der Waals surface area (Å²) < 4.78 is 0. The van der Waals surface area contributed by atoms with Crippen LogP contribution in [0.4, 0.5) is 0 Å². The Kier molecular flexibility index (Phi) is 3.01. The number of rotatable bonds is 0. The van der Waals surface area contributed by atoms with Crippen molar-refractivity contribution in [1.29, 1.82) is 0 Å². The molecule has 0 heterocycles. The molecule has 0 radical (unpaired) electrons. The standard InChI is InChI=1S/C19H26O3/c1-18-8-7-12(20)9-11(18)3-4-13-14-5-6-16(22)19(14,2)10-15(21)17(13)18/h9,13-15,17,21H,3-8,10H2,1-2H3/t13?,14?,15-,17?,18?,19?/m1/s1. The first kappa shape index (κ1) is 14.6. The van der Waals surface area contributed by atoms with Crippen molar-refractivity contribution in [3.8, 4) is 0 Å². The Bertz CT molecular complexity index is 577. The summed E-state index contributed by atoms with van der Waals surface area (Å²) in [6.45, 7) is 4.34. The quantitative estimate of drug-likeness (QED) is 0.748. The van der Waals surface area contributed by atoms with Gasteiger partial charge in [-0.1, -0.05) is 19.4 Å². The zero-order valence-corrected chi connectivity index (χ0v) is 13.6. The molecule has 3 heteroatoms. The number of aliphatic hydroxyl groups excluding tert-OH is 1. The first-order chi connectivity index (χ1) is 10.4. The van der Waals surface area contributed by atoms with Crippen molar-refractivity contribution in [2.45, 2.75) is 64.9 Å². The van der Waals surface area contributed by atoms with Crippen molar-refractivity contribution in [1.82, 2.24) is 0 Å². The van der Waals surface area contributed by atoms with Crippen LogP contribution in [0.15, 0.2) is 11.6 Å². The first-order valence-electron chi connectivity index (χ1n) is 8.81. The van der Waals surface area contributed by atoms with E-state index in [0.717, 1.165) is 25.7 Å². The number of hydrogen-bond donors (Lipinski definition) is 1. The molecule has 3 nitrogen and oxygen atoms in total. The van der Waals surface area contributed by atoms with E-state index in [1.54, 1.807) is 0 Å². The maximum atomic E-state index is 12.4. The fourth-order valence-corrected chi connectivity index (χ4v) is 6.46. The molecule has 0 aliphatic heterocycles. The van der Waals surface area contributed by atoms with Crippen molar-refractivity contribution < 1.29 is 14.7 Å². The third-order valence-corrected chi connectivity index (χ3v) is 7.61. The molecule has 0 saturated heterocycles. The summed E-state index contributed by atoms with van der Waals surface area (Å²) >= 11 is 0. The molecule has 0 aromatic carbocycles. The van der Waals surface area contributed by atoms with Gasteiger partial charge in [-0.05, 0) is 61.3 Å². The molecule has 3 fully saturated rings. The van der Waals surface area contributed by atoms with Crippen LogP contribution in [0.3, 0.4) is 0 Å². The summed E-state index contributed by atoms with van der Waals surface area (Å²) in [5.74, 6) is 1.71. The summed E-state index contributed by atoms with van der Waals surface area (Å²) in [5, 5.41) is 10.9. The van der Waals surface area contributed by atoms with Crippen molar-refractivity contribution in [3.05, 3.63) is 11.6 Å². The van der Waals surface area contributed by atoms with Crippen LogP contribution < -0.4 is 0 Å². The van der Waals surface area contributed by atoms with Crippen LogP contribution in [0.5, 0.6) is 0 Å². The zero-order valence-electron chi connectivity index (χ0n) is 13.6. The molecule has 1 N–H and O–H groups in total. The molecule has 0 amide bonds. The highest BCUT2D eigenvalue weighted by atomic mass is 16.3. The first-order valence-corrected chi connectivity index (χ1v) is 8.81. The number of aliphatic hydroxyl groups is 1. The zero-order chi connectivity index (χ0) is 15.7. The lowest BCUT2D eigenvalue weighted by atomic mass is 9.46. The predicted octanol–water partition coefficient (Wildman–Crippen LogP) is 3.06. The smallest absolute Gasteiger partial charge is 0.155 e. The number of hydrogen-bond acceptors (Lipinski definition) is 3. The van der Waals surface area contributed by atoms with Gasteiger partial charge in [-0.3, -0.25) is 9.59 Å². The predicted molar refractivity (Wildman–Crippen MR) is 83.1 cm³/mol. The van der Waals surface area contributed by atoms with Crippen LogP contribution in [-0.4, -0.2) is 22.8 Å². The topological polar surface area (TPSA) is 54.4 Å². The highest BCUT2D eigenvalue weighted by Gasteiger charge is 2.61. The molecule has 4 aliphatic carbocycles. The largest absolute Gasteiger partial charge is 0.393 e. The number of Topliss-reactive ketones (excluding diaryl/α,β-unsaturated/α-hetero) is 1. The molecule has 4 aliphatic rings. The number of carbonyl (C=O) groups excluding carboxylic acids is 2. The second-order valence-electron chi connectivity index (χ2n) is 8.54. The van der Waals surface area contributed by atoms with Gasteiger partial charge in [0, 0.05) is 18.3 Å². The van der Waals surface area contributed by atoms with Crippen molar-refractivity contribution in [3.63, 3.8) is 0 Å². The Morgan fingerprint density at radius 3 is 2.64 bits per heavy atom. The highest BCUT2D eigenvalue weighted by Crippen LogP contribution is 2.64. The van der Waals surface area contributed by atoms with Gasteiger partial charge < -0.3 is 5.11 Å². The van der Waals surface area contributed by atoms with Crippen LogP contribution in [0.25, 0.3) is 0 Å². The molecule has 0 aromatic rings. The van der Waals surface area contributed by atoms with E-state index in [1.807, 2.05) is 6.08 Å². The summed E-state index contributed by atoms with van der Waals surface area (Å²) in [5.41, 5.74) is 0.920. The lowest BCUT2D eigenvalue weighted by Crippen LogP contribution is -2.56. The van der Waals surface area contributed by atoms with Gasteiger partial charge in [-0.25, -0.2) is 0 Å². The molecule has 0 aromatic heterocycles. The lowest BCUT2D eigenvalue weighted by Gasteiger charge is -2.58. The fourth-order valence-electron chi connectivity index (χ4n) is 6.46. The van der Waals surface area contributed by atoms with Gasteiger partial charge >= 0.3 is 0 Å². The molecule has 22 heavy (non-hydrogen) atoms. The van der Waals surface area contributed by atoms with Crippen LogP contribution in [0, 0.1) is 28.6 Å². The maximum Gasteiger partial charge on any atom is 0.155 e. The second kappa shape index (κ2) is 4.53. The second-order valence-corrected chi connectivity index (χ2v) is 8.54. The SMILES string of the molecule is CC12C[C@@H](O)C3C(CCC4=CC(=O)CCC43C)C1CCC2=O. The van der Waals surface area contributed by atoms with Crippen LogP contribution >= 0.6 is 0 Å². The Labute approximate surface area is 132 Å². The van der Waals surface area contributed by atoms with E-state index in [-0.39, 0.29) is 22.5 Å². The van der Waals surface area contributed by atoms with E-state index in [4.69, 9.17) is 0 Å². The Hall–Kier alpha value is -0.960. The Morgan fingerprint density at radius 1 is 1.09 bits per heavy atom. The van der Waals surface area contributed by atoms with Gasteiger partial charge in [0.2, 0.25) is 0 Å². The minimum absolute atomic E-state index is 0.0385. The summed E-state index contributed by atoms with van der Waals surface area (Å²) in [7, 11) is 0. The van der Waals surface area contributed by atoms with Crippen molar-refractivity contribution >= 4 is 11.6 Å². The summed E-state index contributed by atoms with van der Waals surface area (Å²) in [4.78, 5) is 24.2. The molecule has 3 saturated carbocycles. The molecule has 120 valence electrons. The lowest BCUT2D eigenvalue weighted by molar-refractivity contribution is -0.147. The van der Waals surface area contributed by atoms with E-state index in [2.05, 4.69) is 13.8 Å². The van der Waals surface area contributed by atoms with E-state index in [9.17, 15) is 14.7 Å². The third kappa shape index (κ3) is 1.72. The minimum atomic E-state index is -0.407. The highest BCUT2D eigenvalue weighted by molar-refractivity contribution is 5.91. The molecule has 6 atom stereocenters. The minimum Gasteiger partial charge on any atom is -0.393 e. The average molecular weight is 302 g/mol. The molecule has 0 spiro atoms. The maximum absolute atomic E-state index is 12.4. The van der Waals surface area contributed by atoms with Gasteiger partial charge in [0.25, 0.3) is 0 Å². The van der Waals surface area contributed by atoms with Crippen molar-refractivity contribution in [2.24, 2.45) is 28.6 Å². The summed E-state index contributed by atoms with van der Waals surface area (Å²) in [6.07, 6.45) is 7.24. The van der Waals surface area contributed by atoms with Crippen molar-refractivity contribution in [2.75, 3.05) is 0 Å².